The zero-order valence-corrected chi connectivity index (χ0v) is 11.2. The van der Waals surface area contributed by atoms with Crippen LogP contribution in [0.4, 0.5) is 10.1 Å². The second kappa shape index (κ2) is 6.70. The van der Waals surface area contributed by atoms with E-state index in [1.165, 1.54) is 24.3 Å². The summed E-state index contributed by atoms with van der Waals surface area (Å²) in [5.41, 5.74) is 0.548. The Bertz CT molecular complexity index is 554. The molecule has 0 bridgehead atoms. The van der Waals surface area contributed by atoms with Gasteiger partial charge < -0.3 is 10.1 Å². The molecule has 0 aliphatic heterocycles. The van der Waals surface area contributed by atoms with E-state index in [1.54, 1.807) is 12.1 Å². The summed E-state index contributed by atoms with van der Waals surface area (Å²) in [6.45, 7) is 1.87. The predicted octanol–water partition coefficient (Wildman–Crippen LogP) is 3.62. The molecule has 0 unspecified atom stereocenters. The van der Waals surface area contributed by atoms with Crippen LogP contribution >= 0.6 is 0 Å². The van der Waals surface area contributed by atoms with Gasteiger partial charge >= 0.3 is 0 Å². The number of rotatable bonds is 5. The van der Waals surface area contributed by atoms with Crippen molar-refractivity contribution in [3.8, 4) is 5.75 Å². The summed E-state index contributed by atoms with van der Waals surface area (Å²) in [6.07, 6.45) is -0.0375. The quantitative estimate of drug-likeness (QED) is 0.903. The molecule has 1 amide bonds. The highest BCUT2D eigenvalue weighted by molar-refractivity contribution is 5.94. The van der Waals surface area contributed by atoms with E-state index >= 15 is 0 Å². The van der Waals surface area contributed by atoms with Crippen LogP contribution in [0.1, 0.15) is 13.3 Å². The number of carbonyl (C=O) groups excluding carboxylic acids is 1. The number of hydrogen-bond donors (Lipinski definition) is 1. The maximum atomic E-state index is 12.8. The van der Waals surface area contributed by atoms with E-state index in [2.05, 4.69) is 5.32 Å². The summed E-state index contributed by atoms with van der Waals surface area (Å²) < 4.78 is 18.4. The first-order chi connectivity index (χ1) is 9.69. The fourth-order valence-corrected chi connectivity index (χ4v) is 1.74. The van der Waals surface area contributed by atoms with E-state index in [9.17, 15) is 9.18 Å². The van der Waals surface area contributed by atoms with Crippen LogP contribution in [0.3, 0.4) is 0 Å². The number of anilines is 1. The van der Waals surface area contributed by atoms with Crippen molar-refractivity contribution in [2.45, 2.75) is 19.4 Å². The molecule has 2 rings (SSSR count). The number of amides is 1. The topological polar surface area (TPSA) is 38.3 Å². The molecule has 3 nitrogen and oxygen atoms in total. The van der Waals surface area contributed by atoms with E-state index in [4.69, 9.17) is 4.74 Å². The van der Waals surface area contributed by atoms with E-state index in [0.29, 0.717) is 17.9 Å². The number of ether oxygens (including phenoxy) is 1. The van der Waals surface area contributed by atoms with Crippen LogP contribution in [0.15, 0.2) is 54.6 Å². The van der Waals surface area contributed by atoms with Crippen LogP contribution in [0.5, 0.6) is 5.75 Å². The summed E-state index contributed by atoms with van der Waals surface area (Å²) in [7, 11) is 0. The minimum absolute atomic E-state index is 0.247. The highest BCUT2D eigenvalue weighted by Crippen LogP contribution is 2.15. The average Bonchev–Trinajstić information content (AvgIpc) is 2.48. The summed E-state index contributed by atoms with van der Waals surface area (Å²) in [5.74, 6) is 0.0622. The molecule has 0 saturated heterocycles. The number of para-hydroxylation sites is 1. The second-order valence-corrected chi connectivity index (χ2v) is 4.32. The van der Waals surface area contributed by atoms with Crippen molar-refractivity contribution < 1.29 is 13.9 Å². The van der Waals surface area contributed by atoms with Gasteiger partial charge in [-0.25, -0.2) is 4.39 Å². The Balaban J connectivity index is 2.00. The van der Waals surface area contributed by atoms with Gasteiger partial charge in [-0.3, -0.25) is 4.79 Å². The van der Waals surface area contributed by atoms with E-state index in [-0.39, 0.29) is 11.7 Å². The molecule has 0 aliphatic rings. The Morgan fingerprint density at radius 1 is 1.15 bits per heavy atom. The third kappa shape index (κ3) is 3.82. The highest BCUT2D eigenvalue weighted by atomic mass is 19.1. The molecule has 1 atom stereocenters. The van der Waals surface area contributed by atoms with Crippen molar-refractivity contribution in [3.05, 3.63) is 60.4 Å². The molecule has 0 radical (unpaired) electrons. The van der Waals surface area contributed by atoms with E-state index in [1.807, 2.05) is 25.1 Å². The minimum atomic E-state index is -0.581. The first kappa shape index (κ1) is 14.1. The van der Waals surface area contributed by atoms with Crippen LogP contribution in [-0.4, -0.2) is 12.0 Å². The van der Waals surface area contributed by atoms with Crippen LogP contribution in [0, 0.1) is 5.82 Å². The number of benzene rings is 2. The van der Waals surface area contributed by atoms with Crippen molar-refractivity contribution in [1.82, 2.24) is 0 Å². The van der Waals surface area contributed by atoms with Crippen LogP contribution in [0.25, 0.3) is 0 Å². The first-order valence-electron chi connectivity index (χ1n) is 6.47. The maximum Gasteiger partial charge on any atom is 0.265 e. The maximum absolute atomic E-state index is 12.8. The molecular formula is C16H16FNO2. The highest BCUT2D eigenvalue weighted by Gasteiger charge is 2.18. The van der Waals surface area contributed by atoms with Gasteiger partial charge in [0.15, 0.2) is 6.10 Å². The lowest BCUT2D eigenvalue weighted by atomic mass is 10.2. The molecule has 0 saturated carbocycles. The van der Waals surface area contributed by atoms with Crippen LogP contribution in [0.2, 0.25) is 0 Å². The Kier molecular flexibility index (Phi) is 4.71. The molecule has 0 spiro atoms. The lowest BCUT2D eigenvalue weighted by Gasteiger charge is -2.17. The smallest absolute Gasteiger partial charge is 0.265 e. The fraction of sp³-hybridized carbons (Fsp3) is 0.188. The number of carbonyl (C=O) groups is 1. The zero-order chi connectivity index (χ0) is 14.4. The van der Waals surface area contributed by atoms with Gasteiger partial charge in [0.05, 0.1) is 0 Å². The summed E-state index contributed by atoms with van der Waals surface area (Å²) >= 11 is 0. The van der Waals surface area contributed by atoms with Crippen molar-refractivity contribution >= 4 is 11.6 Å². The van der Waals surface area contributed by atoms with Crippen molar-refractivity contribution in [3.63, 3.8) is 0 Å². The molecule has 1 N–H and O–H groups in total. The molecule has 0 heterocycles. The molecule has 2 aromatic rings. The van der Waals surface area contributed by atoms with Crippen molar-refractivity contribution in [2.24, 2.45) is 0 Å². The summed E-state index contributed by atoms with van der Waals surface area (Å²) in [6, 6.07) is 14.8. The number of hydrogen-bond acceptors (Lipinski definition) is 2. The Morgan fingerprint density at radius 3 is 2.40 bits per heavy atom. The second-order valence-electron chi connectivity index (χ2n) is 4.32. The van der Waals surface area contributed by atoms with Gasteiger partial charge in [-0.1, -0.05) is 25.1 Å². The third-order valence-corrected chi connectivity index (χ3v) is 2.80. The van der Waals surface area contributed by atoms with Crippen molar-refractivity contribution in [2.75, 3.05) is 5.32 Å². The molecule has 0 aliphatic carbocycles. The molecule has 0 aromatic heterocycles. The zero-order valence-electron chi connectivity index (χ0n) is 11.2. The van der Waals surface area contributed by atoms with Gasteiger partial charge in [0.1, 0.15) is 11.6 Å². The fourth-order valence-electron chi connectivity index (χ4n) is 1.74. The Labute approximate surface area is 117 Å². The summed E-state index contributed by atoms with van der Waals surface area (Å²) in [5, 5.41) is 2.71. The lowest BCUT2D eigenvalue weighted by molar-refractivity contribution is -0.122. The van der Waals surface area contributed by atoms with Gasteiger partial charge in [-0.2, -0.15) is 0 Å². The van der Waals surface area contributed by atoms with E-state index in [0.717, 1.165) is 0 Å². The Hall–Kier alpha value is -2.36. The summed E-state index contributed by atoms with van der Waals surface area (Å²) in [4.78, 5) is 12.1. The van der Waals surface area contributed by atoms with Crippen molar-refractivity contribution in [1.29, 1.82) is 0 Å². The van der Waals surface area contributed by atoms with Gasteiger partial charge in [0.25, 0.3) is 5.91 Å². The van der Waals surface area contributed by atoms with E-state index < -0.39 is 6.10 Å². The molecule has 20 heavy (non-hydrogen) atoms. The Morgan fingerprint density at radius 2 is 1.80 bits per heavy atom. The molecular weight excluding hydrogens is 257 g/mol. The standard InChI is InChI=1S/C16H16FNO2/c1-2-15(20-14-6-4-3-5-7-14)16(19)18-13-10-8-12(17)9-11-13/h3-11,15H,2H2,1H3,(H,18,19)/t15-/m1/s1. The van der Waals surface area contributed by atoms with Gasteiger partial charge in [-0.05, 0) is 42.8 Å². The number of nitrogens with one attached hydrogen (secondary N) is 1. The molecule has 4 heteroatoms. The van der Waals surface area contributed by atoms with Crippen LogP contribution < -0.4 is 10.1 Å². The molecule has 0 fully saturated rings. The molecule has 104 valence electrons. The predicted molar refractivity (Wildman–Crippen MR) is 76.2 cm³/mol. The molecule has 2 aromatic carbocycles. The van der Waals surface area contributed by atoms with Gasteiger partial charge in [-0.15, -0.1) is 0 Å². The third-order valence-electron chi connectivity index (χ3n) is 2.80. The first-order valence-corrected chi connectivity index (χ1v) is 6.47. The van der Waals surface area contributed by atoms with Crippen LogP contribution in [-0.2, 0) is 4.79 Å². The number of halogens is 1. The largest absolute Gasteiger partial charge is 0.481 e. The monoisotopic (exact) mass is 273 g/mol. The SMILES string of the molecule is CC[C@@H](Oc1ccccc1)C(=O)Nc1ccc(F)cc1. The lowest BCUT2D eigenvalue weighted by Crippen LogP contribution is -2.32. The average molecular weight is 273 g/mol. The van der Waals surface area contributed by atoms with Gasteiger partial charge in [0.2, 0.25) is 0 Å². The normalized spacial score (nSPS) is 11.7. The minimum Gasteiger partial charge on any atom is -0.481 e. The van der Waals surface area contributed by atoms with Gasteiger partial charge in [0, 0.05) is 5.69 Å².